The summed E-state index contributed by atoms with van der Waals surface area (Å²) in [5.41, 5.74) is 0. The van der Waals surface area contributed by atoms with Crippen LogP contribution >= 0.6 is 0 Å². The zero-order chi connectivity index (χ0) is 43.8. The minimum absolute atomic E-state index is 0.0623. The Morgan fingerprint density at radius 3 is 0.817 bits per heavy atom. The van der Waals surface area contributed by atoms with Crippen LogP contribution in [0.15, 0.2) is 0 Å². The lowest BCUT2D eigenvalue weighted by Crippen LogP contribution is -2.30. The molecule has 0 bridgehead atoms. The number of unbranched alkanes of at least 4 members (excludes halogenated alkanes) is 36. The Morgan fingerprint density at radius 2 is 0.550 bits per heavy atom. The Morgan fingerprint density at radius 1 is 0.317 bits per heavy atom. The fourth-order valence-electron chi connectivity index (χ4n) is 8.22. The topological polar surface area (TPSA) is 78.9 Å². The van der Waals surface area contributed by atoms with Gasteiger partial charge in [-0.15, -0.1) is 0 Å². The second-order valence-electron chi connectivity index (χ2n) is 19.0. The van der Waals surface area contributed by atoms with Gasteiger partial charge >= 0.3 is 17.9 Å². The number of ether oxygens (including phenoxy) is 3. The van der Waals surface area contributed by atoms with Crippen molar-refractivity contribution in [2.24, 2.45) is 5.92 Å². The molecule has 0 saturated carbocycles. The molecule has 0 spiro atoms. The Balaban J connectivity index is 4.26. The van der Waals surface area contributed by atoms with Crippen LogP contribution in [0.4, 0.5) is 0 Å². The monoisotopic (exact) mass is 849 g/mol. The van der Waals surface area contributed by atoms with Crippen LogP contribution < -0.4 is 0 Å². The van der Waals surface area contributed by atoms with Crippen molar-refractivity contribution in [3.05, 3.63) is 0 Å². The van der Waals surface area contributed by atoms with Gasteiger partial charge in [-0.2, -0.15) is 0 Å². The summed E-state index contributed by atoms with van der Waals surface area (Å²) in [5, 5.41) is 0. The zero-order valence-electron chi connectivity index (χ0n) is 40.9. The van der Waals surface area contributed by atoms with Gasteiger partial charge in [0, 0.05) is 19.3 Å². The SMILES string of the molecule is CCCCCCCCCCCCCCCCC(=O)OC[C@@H](COC(=O)CCCCCCCCCCCCCCCCC(C)C)OC(=O)CCCCCCCCCCCCC. The molecule has 6 heteroatoms. The molecule has 0 amide bonds. The summed E-state index contributed by atoms with van der Waals surface area (Å²) in [6.07, 6.45) is 50.8. The van der Waals surface area contributed by atoms with E-state index in [1.807, 2.05) is 0 Å². The van der Waals surface area contributed by atoms with Crippen molar-refractivity contribution < 1.29 is 28.6 Å². The molecule has 0 unspecified atom stereocenters. The van der Waals surface area contributed by atoms with Gasteiger partial charge in [0.15, 0.2) is 6.10 Å². The van der Waals surface area contributed by atoms with E-state index in [0.29, 0.717) is 19.3 Å². The fraction of sp³-hybridized carbons (Fsp3) is 0.944. The van der Waals surface area contributed by atoms with Crippen molar-refractivity contribution in [1.82, 2.24) is 0 Å². The van der Waals surface area contributed by atoms with Gasteiger partial charge in [-0.3, -0.25) is 14.4 Å². The highest BCUT2D eigenvalue weighted by Crippen LogP contribution is 2.17. The molecule has 0 fully saturated rings. The van der Waals surface area contributed by atoms with Crippen molar-refractivity contribution >= 4 is 17.9 Å². The van der Waals surface area contributed by atoms with Gasteiger partial charge in [0.2, 0.25) is 0 Å². The van der Waals surface area contributed by atoms with Gasteiger partial charge in [-0.25, -0.2) is 0 Å². The lowest BCUT2D eigenvalue weighted by molar-refractivity contribution is -0.167. The first kappa shape index (κ1) is 58.4. The predicted molar refractivity (Wildman–Crippen MR) is 257 cm³/mol. The molecule has 0 aliphatic rings. The van der Waals surface area contributed by atoms with E-state index >= 15 is 0 Å². The predicted octanol–water partition coefficient (Wildman–Crippen LogP) is 17.5. The Hall–Kier alpha value is -1.59. The average Bonchev–Trinajstić information content (AvgIpc) is 3.23. The largest absolute Gasteiger partial charge is 0.462 e. The van der Waals surface area contributed by atoms with Crippen LogP contribution in [0.1, 0.15) is 304 Å². The molecule has 0 aliphatic carbocycles. The van der Waals surface area contributed by atoms with Crippen molar-refractivity contribution in [3.8, 4) is 0 Å². The Kier molecular flexibility index (Phi) is 47.2. The van der Waals surface area contributed by atoms with Crippen molar-refractivity contribution in [1.29, 1.82) is 0 Å². The number of esters is 3. The highest BCUT2D eigenvalue weighted by molar-refractivity contribution is 5.71. The summed E-state index contributed by atoms with van der Waals surface area (Å²) in [6, 6.07) is 0. The summed E-state index contributed by atoms with van der Waals surface area (Å²) in [6.45, 7) is 9.04. The van der Waals surface area contributed by atoms with E-state index in [4.69, 9.17) is 14.2 Å². The lowest BCUT2D eigenvalue weighted by atomic mass is 10.0. The molecule has 6 nitrogen and oxygen atoms in total. The second kappa shape index (κ2) is 48.4. The van der Waals surface area contributed by atoms with Gasteiger partial charge < -0.3 is 14.2 Å². The summed E-state index contributed by atoms with van der Waals surface area (Å²) >= 11 is 0. The zero-order valence-corrected chi connectivity index (χ0v) is 40.9. The summed E-state index contributed by atoms with van der Waals surface area (Å²) < 4.78 is 16.8. The number of carbonyl (C=O) groups is 3. The molecule has 0 N–H and O–H groups in total. The first-order valence-electron chi connectivity index (χ1n) is 26.9. The molecule has 0 aromatic rings. The third-order valence-electron chi connectivity index (χ3n) is 12.3. The van der Waals surface area contributed by atoms with Crippen molar-refractivity contribution in [3.63, 3.8) is 0 Å². The summed E-state index contributed by atoms with van der Waals surface area (Å²) in [7, 11) is 0. The van der Waals surface area contributed by atoms with Crippen molar-refractivity contribution in [2.45, 2.75) is 310 Å². The van der Waals surface area contributed by atoms with Crippen LogP contribution in [0, 0.1) is 5.92 Å². The third-order valence-corrected chi connectivity index (χ3v) is 12.3. The van der Waals surface area contributed by atoms with E-state index in [0.717, 1.165) is 63.7 Å². The number of carbonyl (C=O) groups excluding carboxylic acids is 3. The minimum atomic E-state index is -0.760. The van der Waals surface area contributed by atoms with Crippen LogP contribution in [-0.4, -0.2) is 37.2 Å². The molecule has 0 heterocycles. The van der Waals surface area contributed by atoms with Crippen LogP contribution in [0.2, 0.25) is 0 Å². The first-order valence-corrected chi connectivity index (χ1v) is 26.9. The van der Waals surface area contributed by atoms with E-state index in [-0.39, 0.29) is 31.1 Å². The molecule has 0 aromatic heterocycles. The highest BCUT2D eigenvalue weighted by atomic mass is 16.6. The number of rotatable bonds is 49. The maximum absolute atomic E-state index is 12.8. The van der Waals surface area contributed by atoms with E-state index in [2.05, 4.69) is 27.7 Å². The standard InChI is InChI=1S/C54H104O6/c1-5-7-9-11-13-15-17-18-22-26-29-33-37-41-45-52(55)58-48-51(60-54(57)47-43-39-35-31-24-16-14-12-10-8-6-2)49-59-53(56)46-42-38-34-30-27-23-20-19-21-25-28-32-36-40-44-50(3)4/h50-51H,5-49H2,1-4H3/t51-/m0/s1. The fourth-order valence-corrected chi connectivity index (χ4v) is 8.22. The van der Waals surface area contributed by atoms with Gasteiger partial charge in [0.05, 0.1) is 0 Å². The van der Waals surface area contributed by atoms with E-state index in [1.165, 1.54) is 199 Å². The van der Waals surface area contributed by atoms with Crippen molar-refractivity contribution in [2.75, 3.05) is 13.2 Å². The molecule has 0 saturated heterocycles. The van der Waals surface area contributed by atoms with Crippen LogP contribution in [0.3, 0.4) is 0 Å². The molecule has 0 aliphatic heterocycles. The van der Waals surface area contributed by atoms with E-state index in [9.17, 15) is 14.4 Å². The van der Waals surface area contributed by atoms with Crippen LogP contribution in [0.25, 0.3) is 0 Å². The van der Waals surface area contributed by atoms with E-state index < -0.39 is 6.10 Å². The van der Waals surface area contributed by atoms with Gasteiger partial charge in [-0.05, 0) is 25.2 Å². The average molecular weight is 849 g/mol. The maximum Gasteiger partial charge on any atom is 0.306 e. The third kappa shape index (κ3) is 47.5. The quantitative estimate of drug-likeness (QED) is 0.0345. The summed E-state index contributed by atoms with van der Waals surface area (Å²) in [4.78, 5) is 38.0. The second-order valence-corrected chi connectivity index (χ2v) is 19.0. The Bertz CT molecular complexity index is 903. The molecule has 60 heavy (non-hydrogen) atoms. The van der Waals surface area contributed by atoms with E-state index in [1.54, 1.807) is 0 Å². The molecular formula is C54H104O6. The lowest BCUT2D eigenvalue weighted by Gasteiger charge is -2.18. The molecule has 356 valence electrons. The molecule has 1 atom stereocenters. The Labute approximate surface area is 374 Å². The normalized spacial score (nSPS) is 11.9. The summed E-state index contributed by atoms with van der Waals surface area (Å²) in [5.74, 6) is 0.00336. The molecule has 0 aromatic carbocycles. The highest BCUT2D eigenvalue weighted by Gasteiger charge is 2.19. The number of hydrogen-bond acceptors (Lipinski definition) is 6. The molecule has 0 radical (unpaired) electrons. The molecule has 0 rings (SSSR count). The molecular weight excluding hydrogens is 745 g/mol. The van der Waals surface area contributed by atoms with Crippen LogP contribution in [-0.2, 0) is 28.6 Å². The number of hydrogen-bond donors (Lipinski definition) is 0. The first-order chi connectivity index (χ1) is 29.4. The van der Waals surface area contributed by atoms with Gasteiger partial charge in [-0.1, -0.05) is 265 Å². The minimum Gasteiger partial charge on any atom is -0.462 e. The van der Waals surface area contributed by atoms with Crippen LogP contribution in [0.5, 0.6) is 0 Å². The van der Waals surface area contributed by atoms with Gasteiger partial charge in [0.25, 0.3) is 0 Å². The smallest absolute Gasteiger partial charge is 0.306 e. The maximum atomic E-state index is 12.8. The van der Waals surface area contributed by atoms with Gasteiger partial charge in [0.1, 0.15) is 13.2 Å².